The zero-order valence-corrected chi connectivity index (χ0v) is 14.0. The van der Waals surface area contributed by atoms with Gasteiger partial charge in [-0.3, -0.25) is 4.79 Å². The number of hydrogen-bond acceptors (Lipinski definition) is 2. The molecular formula is C21H24N2O. The quantitative estimate of drug-likeness (QED) is 0.906. The van der Waals surface area contributed by atoms with Gasteiger partial charge in [0.05, 0.1) is 0 Å². The van der Waals surface area contributed by atoms with E-state index >= 15 is 0 Å². The van der Waals surface area contributed by atoms with E-state index in [2.05, 4.69) is 53.1 Å². The van der Waals surface area contributed by atoms with E-state index in [0.717, 1.165) is 25.9 Å². The molecule has 3 nitrogen and oxygen atoms in total. The van der Waals surface area contributed by atoms with Crippen LogP contribution >= 0.6 is 0 Å². The van der Waals surface area contributed by atoms with Gasteiger partial charge in [0, 0.05) is 26.1 Å². The van der Waals surface area contributed by atoms with Crippen molar-refractivity contribution in [1.29, 1.82) is 0 Å². The molecule has 3 heteroatoms. The summed E-state index contributed by atoms with van der Waals surface area (Å²) in [4.78, 5) is 12.4. The van der Waals surface area contributed by atoms with Gasteiger partial charge in [0.1, 0.15) is 0 Å². The number of amides is 1. The fraction of sp³-hybridized carbons (Fsp3) is 0.381. The van der Waals surface area contributed by atoms with Gasteiger partial charge in [-0.15, -0.1) is 0 Å². The molecule has 0 spiro atoms. The van der Waals surface area contributed by atoms with Gasteiger partial charge in [-0.25, -0.2) is 0 Å². The number of rotatable bonds is 4. The Morgan fingerprint density at radius 1 is 1.08 bits per heavy atom. The first kappa shape index (κ1) is 15.4. The van der Waals surface area contributed by atoms with Crippen molar-refractivity contribution in [3.05, 3.63) is 70.3 Å². The predicted molar refractivity (Wildman–Crippen MR) is 95.6 cm³/mol. The number of benzene rings is 2. The molecule has 1 aliphatic carbocycles. The minimum Gasteiger partial charge on any atom is -0.352 e. The number of hydrogen-bond donors (Lipinski definition) is 2. The van der Waals surface area contributed by atoms with Crippen LogP contribution < -0.4 is 10.6 Å². The predicted octanol–water partition coefficient (Wildman–Crippen LogP) is 3.42. The molecule has 124 valence electrons. The summed E-state index contributed by atoms with van der Waals surface area (Å²) in [5.74, 6) is 0.537. The van der Waals surface area contributed by atoms with E-state index < -0.39 is 0 Å². The van der Waals surface area contributed by atoms with Gasteiger partial charge in [0.2, 0.25) is 5.91 Å². The Hall–Kier alpha value is -2.13. The van der Waals surface area contributed by atoms with E-state index in [4.69, 9.17) is 0 Å². The summed E-state index contributed by atoms with van der Waals surface area (Å²) in [6, 6.07) is 15.1. The van der Waals surface area contributed by atoms with Crippen LogP contribution in [0.4, 0.5) is 0 Å². The van der Waals surface area contributed by atoms with Gasteiger partial charge in [-0.2, -0.15) is 0 Å². The van der Waals surface area contributed by atoms with E-state index in [1.54, 1.807) is 0 Å². The molecular weight excluding hydrogens is 296 g/mol. The van der Waals surface area contributed by atoms with Crippen molar-refractivity contribution in [3.63, 3.8) is 0 Å². The molecule has 0 aromatic heterocycles. The fourth-order valence-electron chi connectivity index (χ4n) is 4.02. The summed E-state index contributed by atoms with van der Waals surface area (Å²) in [6.07, 6.45) is 4.06. The highest BCUT2D eigenvalue weighted by Gasteiger charge is 2.22. The Labute approximate surface area is 143 Å². The van der Waals surface area contributed by atoms with Crippen molar-refractivity contribution in [3.8, 4) is 0 Å². The molecule has 4 rings (SSSR count). The normalized spacial score (nSPS) is 18.8. The van der Waals surface area contributed by atoms with Gasteiger partial charge >= 0.3 is 0 Å². The Morgan fingerprint density at radius 2 is 1.96 bits per heavy atom. The van der Waals surface area contributed by atoms with Gasteiger partial charge in [0.25, 0.3) is 0 Å². The molecule has 2 aromatic carbocycles. The van der Waals surface area contributed by atoms with Crippen molar-refractivity contribution >= 4 is 5.91 Å². The zero-order valence-electron chi connectivity index (χ0n) is 14.0. The standard InChI is InChI=1S/C21H24N2O/c24-21(11-17-6-3-5-16-4-1-2-7-20(16)17)23-12-15-8-9-18-13-22-14-19(18)10-15/h1-2,4,7-10,17,22H,3,5-6,11-14H2,(H,23,24). The molecule has 2 aliphatic rings. The largest absolute Gasteiger partial charge is 0.352 e. The molecule has 2 N–H and O–H groups in total. The van der Waals surface area contributed by atoms with Crippen LogP contribution in [0.5, 0.6) is 0 Å². The number of nitrogens with one attached hydrogen (secondary N) is 2. The molecule has 0 radical (unpaired) electrons. The number of carbonyl (C=O) groups excluding carboxylic acids is 1. The van der Waals surface area contributed by atoms with Crippen LogP contribution in [0.1, 0.15) is 53.0 Å². The zero-order chi connectivity index (χ0) is 16.4. The van der Waals surface area contributed by atoms with E-state index in [-0.39, 0.29) is 5.91 Å². The number of fused-ring (bicyclic) bond motifs is 2. The first-order valence-corrected chi connectivity index (χ1v) is 8.95. The van der Waals surface area contributed by atoms with Crippen molar-refractivity contribution in [2.45, 2.75) is 51.2 Å². The molecule has 0 fully saturated rings. The lowest BCUT2D eigenvalue weighted by Crippen LogP contribution is -2.25. The molecule has 1 amide bonds. The minimum absolute atomic E-state index is 0.162. The molecule has 1 atom stereocenters. The van der Waals surface area contributed by atoms with Crippen LogP contribution in [-0.4, -0.2) is 5.91 Å². The highest BCUT2D eigenvalue weighted by Crippen LogP contribution is 2.33. The highest BCUT2D eigenvalue weighted by molar-refractivity contribution is 5.77. The van der Waals surface area contributed by atoms with Crippen LogP contribution in [0.25, 0.3) is 0 Å². The first-order chi connectivity index (χ1) is 11.8. The summed E-state index contributed by atoms with van der Waals surface area (Å²) in [5, 5.41) is 6.46. The third-order valence-electron chi connectivity index (χ3n) is 5.32. The molecule has 0 saturated carbocycles. The third kappa shape index (κ3) is 3.22. The lowest BCUT2D eigenvalue weighted by molar-refractivity contribution is -0.121. The van der Waals surface area contributed by atoms with E-state index in [1.165, 1.54) is 34.2 Å². The Bertz CT molecular complexity index is 753. The number of carbonyl (C=O) groups is 1. The summed E-state index contributed by atoms with van der Waals surface area (Å²) >= 11 is 0. The van der Waals surface area contributed by atoms with Gasteiger partial charge in [-0.1, -0.05) is 42.5 Å². The average molecular weight is 320 g/mol. The molecule has 2 aromatic rings. The third-order valence-corrected chi connectivity index (χ3v) is 5.32. The molecule has 0 bridgehead atoms. The second-order valence-corrected chi connectivity index (χ2v) is 6.98. The van der Waals surface area contributed by atoms with Crippen molar-refractivity contribution in [2.24, 2.45) is 0 Å². The van der Waals surface area contributed by atoms with Crippen LogP contribution in [0.15, 0.2) is 42.5 Å². The fourth-order valence-corrected chi connectivity index (χ4v) is 4.02. The monoisotopic (exact) mass is 320 g/mol. The Balaban J connectivity index is 1.36. The van der Waals surface area contributed by atoms with Gasteiger partial charge in [-0.05, 0) is 53.0 Å². The molecule has 1 heterocycles. The molecule has 0 saturated heterocycles. The summed E-state index contributed by atoms with van der Waals surface area (Å²) in [5.41, 5.74) is 6.73. The van der Waals surface area contributed by atoms with E-state index in [1.807, 2.05) is 0 Å². The second-order valence-electron chi connectivity index (χ2n) is 6.98. The van der Waals surface area contributed by atoms with Crippen molar-refractivity contribution in [1.82, 2.24) is 10.6 Å². The van der Waals surface area contributed by atoms with Crippen molar-refractivity contribution in [2.75, 3.05) is 0 Å². The van der Waals surface area contributed by atoms with Crippen LogP contribution in [0, 0.1) is 0 Å². The smallest absolute Gasteiger partial charge is 0.220 e. The SMILES string of the molecule is O=C(CC1CCCc2ccccc21)NCc1ccc2c(c1)CNC2. The second kappa shape index (κ2) is 6.78. The molecule has 24 heavy (non-hydrogen) atoms. The van der Waals surface area contributed by atoms with E-state index in [9.17, 15) is 4.79 Å². The lowest BCUT2D eigenvalue weighted by atomic mass is 9.81. The Kier molecular flexibility index (Phi) is 4.35. The topological polar surface area (TPSA) is 41.1 Å². The highest BCUT2D eigenvalue weighted by atomic mass is 16.1. The maximum atomic E-state index is 12.4. The Morgan fingerprint density at radius 3 is 2.92 bits per heavy atom. The maximum absolute atomic E-state index is 12.4. The summed E-state index contributed by atoms with van der Waals surface area (Å²) in [7, 11) is 0. The first-order valence-electron chi connectivity index (χ1n) is 8.95. The maximum Gasteiger partial charge on any atom is 0.220 e. The molecule has 1 unspecified atom stereocenters. The summed E-state index contributed by atoms with van der Waals surface area (Å²) in [6.45, 7) is 2.53. The van der Waals surface area contributed by atoms with Crippen LogP contribution in [-0.2, 0) is 30.8 Å². The van der Waals surface area contributed by atoms with E-state index in [0.29, 0.717) is 18.9 Å². The van der Waals surface area contributed by atoms with Crippen LogP contribution in [0.3, 0.4) is 0 Å². The average Bonchev–Trinajstić information content (AvgIpc) is 3.08. The van der Waals surface area contributed by atoms with Gasteiger partial charge in [0.15, 0.2) is 0 Å². The molecule has 1 aliphatic heterocycles. The minimum atomic E-state index is 0.162. The van der Waals surface area contributed by atoms with Crippen molar-refractivity contribution < 1.29 is 4.79 Å². The van der Waals surface area contributed by atoms with Gasteiger partial charge < -0.3 is 10.6 Å². The summed E-state index contributed by atoms with van der Waals surface area (Å²) < 4.78 is 0. The lowest BCUT2D eigenvalue weighted by Gasteiger charge is -2.25. The van der Waals surface area contributed by atoms with Crippen LogP contribution in [0.2, 0.25) is 0 Å². The number of aryl methyl sites for hydroxylation is 1.